The van der Waals surface area contributed by atoms with Crippen LogP contribution < -0.4 is 5.32 Å². The Balaban J connectivity index is 1.73. The molecule has 1 atom stereocenters. The van der Waals surface area contributed by atoms with E-state index in [2.05, 4.69) is 5.32 Å². The highest BCUT2D eigenvalue weighted by Gasteiger charge is 2.35. The quantitative estimate of drug-likeness (QED) is 0.871. The molecule has 1 aliphatic rings. The Morgan fingerprint density at radius 2 is 1.96 bits per heavy atom. The van der Waals surface area contributed by atoms with Crippen molar-refractivity contribution in [3.8, 4) is 0 Å². The largest absolute Gasteiger partial charge is 0.397 e. The average molecular weight is 328 g/mol. The molecule has 1 N–H and O–H groups in total. The highest BCUT2D eigenvalue weighted by atomic mass is 19.4. The molecular formula is C16H19F3N2O2. The molecule has 0 saturated carbocycles. The number of amides is 2. The van der Waals surface area contributed by atoms with Gasteiger partial charge in [0.1, 0.15) is 6.42 Å². The molecule has 23 heavy (non-hydrogen) atoms. The number of carbonyl (C=O) groups excluding carboxylic acids is 2. The van der Waals surface area contributed by atoms with E-state index < -0.39 is 24.5 Å². The third kappa shape index (κ3) is 5.92. The number of likely N-dealkylation sites (tertiary alicyclic amines) is 1. The molecular weight excluding hydrogens is 309 g/mol. The summed E-state index contributed by atoms with van der Waals surface area (Å²) in [5, 5.41) is 2.28. The van der Waals surface area contributed by atoms with Crippen LogP contribution in [0.25, 0.3) is 0 Å². The summed E-state index contributed by atoms with van der Waals surface area (Å²) in [7, 11) is 0. The molecule has 0 bridgehead atoms. The number of carbonyl (C=O) groups is 2. The number of aryl methyl sites for hydroxylation is 1. The molecule has 0 aromatic heterocycles. The van der Waals surface area contributed by atoms with Gasteiger partial charge in [-0.15, -0.1) is 0 Å². The second-order valence-corrected chi connectivity index (χ2v) is 5.69. The van der Waals surface area contributed by atoms with E-state index in [9.17, 15) is 22.8 Å². The number of hydrogen-bond donors (Lipinski definition) is 1. The number of hydrogen-bond acceptors (Lipinski definition) is 2. The first-order chi connectivity index (χ1) is 10.8. The molecule has 4 nitrogen and oxygen atoms in total. The summed E-state index contributed by atoms with van der Waals surface area (Å²) in [5.74, 6) is -1.21. The zero-order valence-electron chi connectivity index (χ0n) is 12.6. The van der Waals surface area contributed by atoms with Gasteiger partial charge in [0, 0.05) is 19.5 Å². The fraction of sp³-hybridized carbons (Fsp3) is 0.500. The lowest BCUT2D eigenvalue weighted by molar-refractivity contribution is -0.154. The fourth-order valence-electron chi connectivity index (χ4n) is 2.66. The standard InChI is InChI=1S/C16H19F3N2O2/c17-16(18,19)10-14(22)20-13-9-15(23)21(11-13)8-4-7-12-5-2-1-3-6-12/h1-3,5-6,13H,4,7-11H2,(H,20,22). The van der Waals surface area contributed by atoms with Crippen molar-refractivity contribution in [3.63, 3.8) is 0 Å². The molecule has 0 spiro atoms. The van der Waals surface area contributed by atoms with E-state index in [0.717, 1.165) is 12.8 Å². The number of nitrogens with one attached hydrogen (secondary N) is 1. The Bertz CT molecular complexity index is 546. The van der Waals surface area contributed by atoms with Crippen molar-refractivity contribution in [2.75, 3.05) is 13.1 Å². The number of halogens is 3. The number of alkyl halides is 3. The van der Waals surface area contributed by atoms with Crippen LogP contribution in [0.2, 0.25) is 0 Å². The highest BCUT2D eigenvalue weighted by molar-refractivity contribution is 5.82. The molecule has 2 amide bonds. The Labute approximate surface area is 132 Å². The van der Waals surface area contributed by atoms with E-state index >= 15 is 0 Å². The van der Waals surface area contributed by atoms with Gasteiger partial charge in [-0.05, 0) is 18.4 Å². The van der Waals surface area contributed by atoms with E-state index in [1.165, 1.54) is 5.56 Å². The summed E-state index contributed by atoms with van der Waals surface area (Å²) in [6, 6.07) is 9.30. The lowest BCUT2D eigenvalue weighted by Gasteiger charge is -2.17. The second kappa shape index (κ2) is 7.48. The first-order valence-corrected chi connectivity index (χ1v) is 7.51. The summed E-state index contributed by atoms with van der Waals surface area (Å²) >= 11 is 0. The molecule has 0 radical (unpaired) electrons. The van der Waals surface area contributed by atoms with Crippen molar-refractivity contribution in [2.45, 2.75) is 37.9 Å². The Hall–Kier alpha value is -2.05. The first kappa shape index (κ1) is 17.3. The summed E-state index contributed by atoms with van der Waals surface area (Å²) in [5.41, 5.74) is 1.18. The molecule has 2 rings (SSSR count). The van der Waals surface area contributed by atoms with Crippen molar-refractivity contribution >= 4 is 11.8 Å². The van der Waals surface area contributed by atoms with Gasteiger partial charge < -0.3 is 10.2 Å². The summed E-state index contributed by atoms with van der Waals surface area (Å²) in [4.78, 5) is 24.7. The molecule has 1 saturated heterocycles. The summed E-state index contributed by atoms with van der Waals surface area (Å²) in [6.45, 7) is 0.816. The molecule has 126 valence electrons. The monoisotopic (exact) mass is 328 g/mol. The molecule has 1 aromatic rings. The van der Waals surface area contributed by atoms with E-state index in [0.29, 0.717) is 6.54 Å². The van der Waals surface area contributed by atoms with Gasteiger partial charge >= 0.3 is 6.18 Å². The highest BCUT2D eigenvalue weighted by Crippen LogP contribution is 2.20. The van der Waals surface area contributed by atoms with Crippen LogP contribution in [0, 0.1) is 0 Å². The van der Waals surface area contributed by atoms with Gasteiger partial charge in [0.05, 0.1) is 6.04 Å². The van der Waals surface area contributed by atoms with Gasteiger partial charge in [-0.25, -0.2) is 0 Å². The summed E-state index contributed by atoms with van der Waals surface area (Å²) in [6.07, 6.45) is -4.36. The zero-order chi connectivity index (χ0) is 16.9. The topological polar surface area (TPSA) is 49.4 Å². The van der Waals surface area contributed by atoms with Crippen molar-refractivity contribution in [2.24, 2.45) is 0 Å². The maximum atomic E-state index is 12.1. The van der Waals surface area contributed by atoms with Crippen molar-refractivity contribution in [3.05, 3.63) is 35.9 Å². The van der Waals surface area contributed by atoms with Crippen LogP contribution in [-0.2, 0) is 16.0 Å². The van der Waals surface area contributed by atoms with E-state index in [-0.39, 0.29) is 18.9 Å². The van der Waals surface area contributed by atoms with Gasteiger partial charge in [-0.1, -0.05) is 30.3 Å². The normalized spacial score (nSPS) is 18.3. The van der Waals surface area contributed by atoms with Gasteiger partial charge in [-0.2, -0.15) is 13.2 Å². The van der Waals surface area contributed by atoms with Crippen LogP contribution in [0.5, 0.6) is 0 Å². The van der Waals surface area contributed by atoms with Crippen molar-refractivity contribution in [1.82, 2.24) is 10.2 Å². The second-order valence-electron chi connectivity index (χ2n) is 5.69. The van der Waals surface area contributed by atoms with E-state index in [4.69, 9.17) is 0 Å². The van der Waals surface area contributed by atoms with Crippen LogP contribution >= 0.6 is 0 Å². The molecule has 1 aliphatic heterocycles. The molecule has 1 unspecified atom stereocenters. The third-order valence-electron chi connectivity index (χ3n) is 3.68. The van der Waals surface area contributed by atoms with Gasteiger partial charge in [0.15, 0.2) is 0 Å². The van der Waals surface area contributed by atoms with Crippen molar-refractivity contribution < 1.29 is 22.8 Å². The minimum Gasteiger partial charge on any atom is -0.351 e. The molecule has 1 heterocycles. The molecule has 0 aliphatic carbocycles. The van der Waals surface area contributed by atoms with Crippen molar-refractivity contribution in [1.29, 1.82) is 0 Å². The third-order valence-corrected chi connectivity index (χ3v) is 3.68. The van der Waals surface area contributed by atoms with Crippen LogP contribution in [0.4, 0.5) is 13.2 Å². The Kier molecular flexibility index (Phi) is 5.63. The first-order valence-electron chi connectivity index (χ1n) is 7.51. The minimum absolute atomic E-state index is 0.0644. The van der Waals surface area contributed by atoms with E-state index in [1.807, 2.05) is 30.3 Å². The molecule has 1 aromatic carbocycles. The maximum Gasteiger partial charge on any atom is 0.397 e. The number of rotatable bonds is 6. The average Bonchev–Trinajstić information content (AvgIpc) is 2.78. The Morgan fingerprint density at radius 1 is 1.26 bits per heavy atom. The predicted octanol–water partition coefficient (Wildman–Crippen LogP) is 2.29. The predicted molar refractivity (Wildman–Crippen MR) is 78.6 cm³/mol. The lowest BCUT2D eigenvalue weighted by Crippen LogP contribution is -2.39. The number of nitrogens with zero attached hydrogens (tertiary/aromatic N) is 1. The zero-order valence-corrected chi connectivity index (χ0v) is 12.6. The van der Waals surface area contributed by atoms with Crippen LogP contribution in [0.15, 0.2) is 30.3 Å². The fourth-order valence-corrected chi connectivity index (χ4v) is 2.66. The van der Waals surface area contributed by atoms with Gasteiger partial charge in [0.2, 0.25) is 11.8 Å². The van der Waals surface area contributed by atoms with Gasteiger partial charge in [-0.3, -0.25) is 9.59 Å². The maximum absolute atomic E-state index is 12.1. The minimum atomic E-state index is -4.53. The smallest absolute Gasteiger partial charge is 0.351 e. The molecule has 1 fully saturated rings. The van der Waals surface area contributed by atoms with Crippen LogP contribution in [0.1, 0.15) is 24.8 Å². The number of benzene rings is 1. The SMILES string of the molecule is O=C(CC(F)(F)F)NC1CC(=O)N(CCCc2ccccc2)C1. The molecule has 7 heteroatoms. The summed E-state index contributed by atoms with van der Waals surface area (Å²) < 4.78 is 36.4. The van der Waals surface area contributed by atoms with Crippen LogP contribution in [-0.4, -0.2) is 42.0 Å². The van der Waals surface area contributed by atoms with E-state index in [1.54, 1.807) is 4.90 Å². The lowest BCUT2D eigenvalue weighted by atomic mass is 10.1. The van der Waals surface area contributed by atoms with Crippen LogP contribution in [0.3, 0.4) is 0 Å². The Morgan fingerprint density at radius 3 is 2.61 bits per heavy atom. The van der Waals surface area contributed by atoms with Gasteiger partial charge in [0.25, 0.3) is 0 Å².